The van der Waals surface area contributed by atoms with E-state index in [0.29, 0.717) is 24.0 Å². The van der Waals surface area contributed by atoms with Gasteiger partial charge in [0.1, 0.15) is 0 Å². The van der Waals surface area contributed by atoms with Gasteiger partial charge >= 0.3 is 6.18 Å². The van der Waals surface area contributed by atoms with Crippen LogP contribution in [-0.2, 0) is 0 Å². The number of amides is 1. The normalized spacial score (nSPS) is 18.9. The van der Waals surface area contributed by atoms with E-state index in [1.165, 1.54) is 6.20 Å². The quantitative estimate of drug-likeness (QED) is 0.844. The molecular weight excluding hydrogens is 355 g/mol. The molecule has 0 fully saturated rings. The number of nitrogens with zero attached hydrogens (tertiary/aromatic N) is 1. The summed E-state index contributed by atoms with van der Waals surface area (Å²) in [5.74, 6) is -1.53. The largest absolute Gasteiger partial charge is 0.392 e. The zero-order chi connectivity index (χ0) is 19.6. The Balaban J connectivity index is 1.86. The number of nitrogens with two attached hydrogens (primary N) is 1. The van der Waals surface area contributed by atoms with E-state index in [0.717, 1.165) is 16.5 Å². The summed E-state index contributed by atoms with van der Waals surface area (Å²) >= 11 is 0. The number of alkyl halides is 3. The summed E-state index contributed by atoms with van der Waals surface area (Å²) in [5, 5.41) is 3.52. The van der Waals surface area contributed by atoms with Crippen LogP contribution in [0.3, 0.4) is 0 Å². The molecule has 144 valence electrons. The standard InChI is InChI=1S/C20H22F3N3O/c1-12(24)10-26-19(27)15-9-14-3-2-4-17(18(14)25-11-15)13-5-7-16(8-6-13)20(21,22)23/h2-5,9,11-12,16H,6-8,10,24H2,1H3,(H,26,27)/t12-,16?/m1/s1. The number of fused-ring (bicyclic) bond motifs is 1. The van der Waals surface area contributed by atoms with Crippen molar-refractivity contribution in [2.24, 2.45) is 11.7 Å². The topological polar surface area (TPSA) is 68.0 Å². The SMILES string of the molecule is C[C@@H](N)CNC(=O)c1cnc2c(C3=CCC(C(F)(F)F)CC3)cccc2c1. The summed E-state index contributed by atoms with van der Waals surface area (Å²) in [4.78, 5) is 16.6. The third-order valence-electron chi connectivity index (χ3n) is 4.78. The van der Waals surface area contributed by atoms with Crippen LogP contribution in [0.5, 0.6) is 0 Å². The Morgan fingerprint density at radius 1 is 1.41 bits per heavy atom. The van der Waals surface area contributed by atoms with E-state index in [4.69, 9.17) is 5.73 Å². The van der Waals surface area contributed by atoms with Crippen LogP contribution in [0.25, 0.3) is 16.5 Å². The Morgan fingerprint density at radius 2 is 2.19 bits per heavy atom. The molecule has 0 saturated carbocycles. The minimum Gasteiger partial charge on any atom is -0.350 e. The molecule has 0 aliphatic heterocycles. The van der Waals surface area contributed by atoms with Crippen molar-refractivity contribution in [3.8, 4) is 0 Å². The summed E-state index contributed by atoms with van der Waals surface area (Å²) in [6, 6.07) is 7.14. The molecule has 7 heteroatoms. The average molecular weight is 377 g/mol. The van der Waals surface area contributed by atoms with Crippen LogP contribution < -0.4 is 11.1 Å². The predicted octanol–water partition coefficient (Wildman–Crippen LogP) is 4.06. The third kappa shape index (κ3) is 4.47. The Bertz CT molecular complexity index is 874. The monoisotopic (exact) mass is 377 g/mol. The molecule has 27 heavy (non-hydrogen) atoms. The predicted molar refractivity (Wildman–Crippen MR) is 99.1 cm³/mol. The highest BCUT2D eigenvalue weighted by Crippen LogP contribution is 2.40. The van der Waals surface area contributed by atoms with Gasteiger partial charge in [0.05, 0.1) is 17.0 Å². The molecule has 1 heterocycles. The number of hydrogen-bond acceptors (Lipinski definition) is 3. The minimum absolute atomic E-state index is 0.00696. The highest BCUT2D eigenvalue weighted by atomic mass is 19.4. The highest BCUT2D eigenvalue weighted by Gasteiger charge is 2.39. The van der Waals surface area contributed by atoms with Gasteiger partial charge in [0.25, 0.3) is 5.91 Å². The fourth-order valence-corrected chi connectivity index (χ4v) is 3.28. The van der Waals surface area contributed by atoms with Crippen LogP contribution in [0.15, 0.2) is 36.5 Å². The lowest BCUT2D eigenvalue weighted by atomic mass is 9.85. The maximum absolute atomic E-state index is 12.9. The molecule has 1 amide bonds. The molecule has 0 radical (unpaired) electrons. The smallest absolute Gasteiger partial charge is 0.350 e. The lowest BCUT2D eigenvalue weighted by Gasteiger charge is -2.24. The Kier molecular flexibility index (Phi) is 5.51. The van der Waals surface area contributed by atoms with Gasteiger partial charge < -0.3 is 11.1 Å². The minimum atomic E-state index is -4.15. The molecule has 1 aromatic carbocycles. The zero-order valence-corrected chi connectivity index (χ0v) is 15.0. The molecule has 0 bridgehead atoms. The van der Waals surface area contributed by atoms with E-state index in [-0.39, 0.29) is 24.8 Å². The third-order valence-corrected chi connectivity index (χ3v) is 4.78. The number of halogens is 3. The van der Waals surface area contributed by atoms with E-state index < -0.39 is 12.1 Å². The number of benzene rings is 1. The number of para-hydroxylation sites is 1. The van der Waals surface area contributed by atoms with Crippen LogP contribution in [0.1, 0.15) is 42.1 Å². The van der Waals surface area contributed by atoms with Gasteiger partial charge in [-0.25, -0.2) is 0 Å². The molecule has 2 aromatic rings. The first-order valence-corrected chi connectivity index (χ1v) is 8.94. The Morgan fingerprint density at radius 3 is 2.81 bits per heavy atom. The number of aromatic nitrogens is 1. The summed E-state index contributed by atoms with van der Waals surface area (Å²) < 4.78 is 38.6. The molecule has 0 spiro atoms. The van der Waals surface area contributed by atoms with Crippen LogP contribution in [-0.4, -0.2) is 29.7 Å². The van der Waals surface area contributed by atoms with Crippen molar-refractivity contribution in [1.82, 2.24) is 10.3 Å². The lowest BCUT2D eigenvalue weighted by Crippen LogP contribution is -2.35. The maximum atomic E-state index is 12.9. The van der Waals surface area contributed by atoms with Crippen LogP contribution in [0.2, 0.25) is 0 Å². The number of rotatable bonds is 4. The Labute approximate surface area is 155 Å². The first kappa shape index (κ1) is 19.4. The first-order valence-electron chi connectivity index (χ1n) is 8.94. The fraction of sp³-hybridized carbons (Fsp3) is 0.400. The molecular formula is C20H22F3N3O. The highest BCUT2D eigenvalue weighted by molar-refractivity contribution is 5.99. The van der Waals surface area contributed by atoms with Crippen molar-refractivity contribution in [3.63, 3.8) is 0 Å². The van der Waals surface area contributed by atoms with E-state index >= 15 is 0 Å². The van der Waals surface area contributed by atoms with Crippen molar-refractivity contribution < 1.29 is 18.0 Å². The molecule has 2 atom stereocenters. The number of allylic oxidation sites excluding steroid dienone is 2. The Hall–Kier alpha value is -2.41. The zero-order valence-electron chi connectivity index (χ0n) is 15.0. The fourth-order valence-electron chi connectivity index (χ4n) is 3.28. The molecule has 1 aromatic heterocycles. The molecule has 1 aliphatic carbocycles. The van der Waals surface area contributed by atoms with Crippen molar-refractivity contribution >= 4 is 22.4 Å². The summed E-state index contributed by atoms with van der Waals surface area (Å²) in [6.45, 7) is 2.16. The van der Waals surface area contributed by atoms with Crippen molar-refractivity contribution in [2.75, 3.05) is 6.54 Å². The molecule has 1 unspecified atom stereocenters. The van der Waals surface area contributed by atoms with Crippen molar-refractivity contribution in [2.45, 2.75) is 38.4 Å². The second-order valence-electron chi connectivity index (χ2n) is 7.03. The van der Waals surface area contributed by atoms with E-state index in [9.17, 15) is 18.0 Å². The van der Waals surface area contributed by atoms with Gasteiger partial charge in [-0.1, -0.05) is 24.3 Å². The number of nitrogens with one attached hydrogen (secondary N) is 1. The second kappa shape index (κ2) is 7.68. The molecule has 3 rings (SSSR count). The van der Waals surface area contributed by atoms with Gasteiger partial charge in [-0.3, -0.25) is 9.78 Å². The summed E-state index contributed by atoms with van der Waals surface area (Å²) in [5.41, 5.74) is 8.47. The van der Waals surface area contributed by atoms with Gasteiger partial charge in [-0.2, -0.15) is 13.2 Å². The van der Waals surface area contributed by atoms with E-state index in [1.54, 1.807) is 19.1 Å². The average Bonchev–Trinajstić information content (AvgIpc) is 2.64. The van der Waals surface area contributed by atoms with Gasteiger partial charge in [0.2, 0.25) is 0 Å². The lowest BCUT2D eigenvalue weighted by molar-refractivity contribution is -0.175. The van der Waals surface area contributed by atoms with Crippen LogP contribution in [0, 0.1) is 5.92 Å². The summed E-state index contributed by atoms with van der Waals surface area (Å²) in [6.07, 6.45) is -0.550. The number of pyridine rings is 1. The molecule has 4 nitrogen and oxygen atoms in total. The first-order chi connectivity index (χ1) is 12.8. The number of carbonyl (C=O) groups excluding carboxylic acids is 1. The molecule has 3 N–H and O–H groups in total. The van der Waals surface area contributed by atoms with Gasteiger partial charge in [0.15, 0.2) is 0 Å². The van der Waals surface area contributed by atoms with E-state index in [1.807, 2.05) is 18.2 Å². The van der Waals surface area contributed by atoms with Crippen LogP contribution >= 0.6 is 0 Å². The summed E-state index contributed by atoms with van der Waals surface area (Å²) in [7, 11) is 0. The van der Waals surface area contributed by atoms with E-state index in [2.05, 4.69) is 10.3 Å². The maximum Gasteiger partial charge on any atom is 0.392 e. The van der Waals surface area contributed by atoms with Crippen molar-refractivity contribution in [1.29, 1.82) is 0 Å². The van der Waals surface area contributed by atoms with Crippen molar-refractivity contribution in [3.05, 3.63) is 47.7 Å². The number of carbonyl (C=O) groups is 1. The second-order valence-corrected chi connectivity index (χ2v) is 7.03. The number of hydrogen-bond donors (Lipinski definition) is 2. The van der Waals surface area contributed by atoms with Gasteiger partial charge in [-0.15, -0.1) is 0 Å². The van der Waals surface area contributed by atoms with Crippen LogP contribution in [0.4, 0.5) is 13.2 Å². The molecule has 0 saturated heterocycles. The van der Waals surface area contributed by atoms with Gasteiger partial charge in [0, 0.05) is 29.7 Å². The van der Waals surface area contributed by atoms with Gasteiger partial charge in [-0.05, 0) is 37.8 Å². The molecule has 1 aliphatic rings.